The molecule has 0 bridgehead atoms. The molecule has 5 aromatic rings. The van der Waals surface area contributed by atoms with Crippen molar-refractivity contribution in [2.24, 2.45) is 0 Å². The summed E-state index contributed by atoms with van der Waals surface area (Å²) in [7, 11) is -8.95. The van der Waals surface area contributed by atoms with Crippen LogP contribution in [-0.4, -0.2) is 45.9 Å². The number of H-pyrrole nitrogens is 2. The highest BCUT2D eigenvalue weighted by atomic mass is 32.2. The molecule has 12 heteroatoms. The van der Waals surface area contributed by atoms with Gasteiger partial charge in [0.2, 0.25) is 0 Å². The minimum absolute atomic E-state index is 0.389. The molecule has 0 aliphatic rings. The first kappa shape index (κ1) is 20.3. The number of aromatic amines is 2. The normalized spacial score (nSPS) is 12.6. The van der Waals surface area contributed by atoms with Crippen molar-refractivity contribution in [1.29, 1.82) is 0 Å². The second kappa shape index (κ2) is 6.97. The number of nitrogens with one attached hydrogen (secondary N) is 2. The molecular weight excluding hydrogens is 456 g/mol. The zero-order valence-electron chi connectivity index (χ0n) is 16.0. The second-order valence-corrected chi connectivity index (χ2v) is 9.69. The van der Waals surface area contributed by atoms with E-state index >= 15 is 0 Å². The zero-order valence-corrected chi connectivity index (χ0v) is 17.6. The van der Waals surface area contributed by atoms with E-state index in [1.165, 1.54) is 0 Å². The molecule has 0 amide bonds. The molecule has 0 atom stereocenters. The van der Waals surface area contributed by atoms with Gasteiger partial charge in [-0.1, -0.05) is 48.5 Å². The number of imidazole rings is 2. The van der Waals surface area contributed by atoms with Crippen LogP contribution in [0.15, 0.2) is 71.0 Å². The number of hydrogen-bond acceptors (Lipinski definition) is 6. The highest BCUT2D eigenvalue weighted by Crippen LogP contribution is 2.32. The molecule has 0 aliphatic carbocycles. The molecule has 0 spiro atoms. The molecule has 5 rings (SSSR count). The summed E-state index contributed by atoms with van der Waals surface area (Å²) in [6.07, 6.45) is 0. The predicted octanol–water partition coefficient (Wildman–Crippen LogP) is 3.27. The van der Waals surface area contributed by atoms with Crippen LogP contribution in [0.5, 0.6) is 0 Å². The first-order valence-electron chi connectivity index (χ1n) is 9.14. The topological polar surface area (TPSA) is 166 Å². The molecule has 0 radical (unpaired) electrons. The zero-order chi connectivity index (χ0) is 22.7. The Balaban J connectivity index is 1.60. The van der Waals surface area contributed by atoms with Crippen molar-refractivity contribution >= 4 is 42.3 Å². The number of aromatic nitrogens is 4. The summed E-state index contributed by atoms with van der Waals surface area (Å²) in [5, 5.41) is -1.06. The lowest BCUT2D eigenvalue weighted by Gasteiger charge is -2.06. The summed E-state index contributed by atoms with van der Waals surface area (Å²) in [6.45, 7) is 0. The van der Waals surface area contributed by atoms with Crippen LogP contribution in [-0.2, 0) is 20.2 Å². The van der Waals surface area contributed by atoms with Gasteiger partial charge in [0.25, 0.3) is 10.3 Å². The molecule has 162 valence electrons. The standard InChI is InChI=1S/C20H14N4O6S2/c25-31(26,27)19-21-15-5-1-3-13(17(15)23-19)11-7-9-12(10-8-11)14-4-2-6-16-18(14)24-20(22-16)32(28,29)30/h1-10H,(H,21,23)(H,22,24)(H,25,26,27)(H,28,29,30). The third-order valence-electron chi connectivity index (χ3n) is 4.98. The number of rotatable bonds is 4. The summed E-state index contributed by atoms with van der Waals surface area (Å²) >= 11 is 0. The second-order valence-electron chi connectivity index (χ2n) is 7.01. The SMILES string of the molecule is O=S(=O)(O)c1nc2c(-c3ccc(-c4cccc5[nH]c(S(=O)(=O)O)nc45)cc3)cccc2[nH]1. The molecule has 4 N–H and O–H groups in total. The molecular formula is C20H14N4O6S2. The lowest BCUT2D eigenvalue weighted by Crippen LogP contribution is -1.99. The van der Waals surface area contributed by atoms with Crippen molar-refractivity contribution < 1.29 is 25.9 Å². The van der Waals surface area contributed by atoms with E-state index in [4.69, 9.17) is 0 Å². The van der Waals surface area contributed by atoms with Gasteiger partial charge in [0, 0.05) is 11.1 Å². The van der Waals surface area contributed by atoms with E-state index in [1.54, 1.807) is 60.7 Å². The summed E-state index contributed by atoms with van der Waals surface area (Å²) in [5.74, 6) is 0. The Morgan fingerprint density at radius 3 is 1.31 bits per heavy atom. The fourth-order valence-corrected chi connectivity index (χ4v) is 4.45. The van der Waals surface area contributed by atoms with Crippen molar-refractivity contribution in [1.82, 2.24) is 19.9 Å². The largest absolute Gasteiger partial charge is 0.328 e. The number of hydrogen-bond donors (Lipinski definition) is 4. The van der Waals surface area contributed by atoms with E-state index in [9.17, 15) is 25.9 Å². The fraction of sp³-hybridized carbons (Fsp3) is 0. The van der Waals surface area contributed by atoms with E-state index in [0.717, 1.165) is 11.1 Å². The minimum atomic E-state index is -4.47. The number of benzene rings is 3. The van der Waals surface area contributed by atoms with Crippen LogP contribution in [0.1, 0.15) is 0 Å². The first-order chi connectivity index (χ1) is 15.1. The van der Waals surface area contributed by atoms with Crippen LogP contribution in [0.25, 0.3) is 44.3 Å². The Hall–Kier alpha value is -3.58. The maximum Gasteiger partial charge on any atom is 0.328 e. The minimum Gasteiger partial charge on any atom is -0.327 e. The monoisotopic (exact) mass is 470 g/mol. The quantitative estimate of drug-likeness (QED) is 0.290. The third-order valence-corrected chi connectivity index (χ3v) is 6.34. The van der Waals surface area contributed by atoms with Crippen molar-refractivity contribution in [2.75, 3.05) is 0 Å². The summed E-state index contributed by atoms with van der Waals surface area (Å²) < 4.78 is 64.2. The smallest absolute Gasteiger partial charge is 0.327 e. The lowest BCUT2D eigenvalue weighted by atomic mass is 9.99. The van der Waals surface area contributed by atoms with E-state index in [-0.39, 0.29) is 0 Å². The average Bonchev–Trinajstić information content (AvgIpc) is 3.37. The van der Waals surface area contributed by atoms with Gasteiger partial charge in [-0.15, -0.1) is 0 Å². The van der Waals surface area contributed by atoms with Crippen LogP contribution < -0.4 is 0 Å². The molecule has 2 aromatic heterocycles. The van der Waals surface area contributed by atoms with Crippen LogP contribution in [0.4, 0.5) is 0 Å². The van der Waals surface area contributed by atoms with E-state index in [0.29, 0.717) is 33.2 Å². The van der Waals surface area contributed by atoms with E-state index in [2.05, 4.69) is 19.9 Å². The van der Waals surface area contributed by atoms with Crippen molar-refractivity contribution in [3.8, 4) is 22.3 Å². The Kier molecular flexibility index (Phi) is 4.43. The van der Waals surface area contributed by atoms with Crippen molar-refractivity contribution in [3.63, 3.8) is 0 Å². The highest BCUT2D eigenvalue weighted by Gasteiger charge is 2.19. The van der Waals surface area contributed by atoms with Gasteiger partial charge in [-0.2, -0.15) is 16.8 Å². The van der Waals surface area contributed by atoms with Gasteiger partial charge in [-0.25, -0.2) is 9.97 Å². The molecule has 0 unspecified atom stereocenters. The van der Waals surface area contributed by atoms with Gasteiger partial charge in [0.1, 0.15) is 0 Å². The Morgan fingerprint density at radius 2 is 0.969 bits per heavy atom. The van der Waals surface area contributed by atoms with Crippen molar-refractivity contribution in [2.45, 2.75) is 10.3 Å². The maximum atomic E-state index is 11.4. The lowest BCUT2D eigenvalue weighted by molar-refractivity contribution is 0.474. The molecule has 2 heterocycles. The average molecular weight is 470 g/mol. The molecule has 3 aromatic carbocycles. The number of nitrogens with zero attached hydrogens (tertiary/aromatic N) is 2. The molecule has 0 saturated heterocycles. The highest BCUT2D eigenvalue weighted by molar-refractivity contribution is 7.85. The molecule has 0 saturated carbocycles. The van der Waals surface area contributed by atoms with Gasteiger partial charge >= 0.3 is 20.2 Å². The fourth-order valence-electron chi connectivity index (χ4n) is 3.56. The summed E-state index contributed by atoms with van der Waals surface area (Å²) in [4.78, 5) is 13.2. The van der Waals surface area contributed by atoms with Crippen LogP contribution in [0.2, 0.25) is 0 Å². The summed E-state index contributed by atoms with van der Waals surface area (Å²) in [5.41, 5.74) is 4.51. The Morgan fingerprint density at radius 1 is 0.594 bits per heavy atom. The van der Waals surface area contributed by atoms with Crippen molar-refractivity contribution in [3.05, 3.63) is 60.7 Å². The Bertz CT molecular complexity index is 1590. The number of fused-ring (bicyclic) bond motifs is 2. The third kappa shape index (κ3) is 3.44. The first-order valence-corrected chi connectivity index (χ1v) is 12.0. The molecule has 32 heavy (non-hydrogen) atoms. The van der Waals surface area contributed by atoms with E-state index < -0.39 is 30.5 Å². The van der Waals surface area contributed by atoms with Crippen LogP contribution in [0.3, 0.4) is 0 Å². The van der Waals surface area contributed by atoms with E-state index in [1.807, 2.05) is 0 Å². The van der Waals surface area contributed by atoms with Gasteiger partial charge in [0.15, 0.2) is 0 Å². The maximum absolute atomic E-state index is 11.4. The Labute approximate surface area is 181 Å². The predicted molar refractivity (Wildman–Crippen MR) is 116 cm³/mol. The number of para-hydroxylation sites is 2. The molecule has 10 nitrogen and oxygen atoms in total. The molecule has 0 aliphatic heterocycles. The van der Waals surface area contributed by atoms with Gasteiger partial charge in [-0.05, 0) is 23.3 Å². The van der Waals surface area contributed by atoms with Crippen LogP contribution in [0, 0.1) is 0 Å². The van der Waals surface area contributed by atoms with Gasteiger partial charge in [0.05, 0.1) is 22.1 Å². The molecule has 0 fully saturated rings. The van der Waals surface area contributed by atoms with Gasteiger partial charge < -0.3 is 9.97 Å². The van der Waals surface area contributed by atoms with Gasteiger partial charge in [-0.3, -0.25) is 9.11 Å². The summed E-state index contributed by atoms with van der Waals surface area (Å²) in [6, 6.07) is 17.6. The van der Waals surface area contributed by atoms with Crippen LogP contribution >= 0.6 is 0 Å².